The van der Waals surface area contributed by atoms with Crippen LogP contribution in [0.4, 0.5) is 35.1 Å². The second kappa shape index (κ2) is 8.04. The van der Waals surface area contributed by atoms with Crippen molar-refractivity contribution >= 4 is 5.83 Å². The quantitative estimate of drug-likeness (QED) is 0.291. The number of hydrogen-bond acceptors (Lipinski definition) is 2. The fraction of sp³-hybridized carbons (Fsp3) is 0.200. The molecule has 1 aromatic carbocycles. The van der Waals surface area contributed by atoms with Gasteiger partial charge in [-0.05, 0) is 6.92 Å². The molecule has 10 heteroatoms. The van der Waals surface area contributed by atoms with E-state index in [4.69, 9.17) is 0 Å². The number of allylic oxidation sites excluding steroid dienone is 3. The molecule has 1 rings (SSSR count). The molecule has 0 aromatic heterocycles. The normalized spacial score (nSPS) is 14.1. The van der Waals surface area contributed by atoms with Gasteiger partial charge in [0.05, 0.1) is 26.1 Å². The molecular formula is C15H10F8O2. The number of methoxy groups -OCH3 is 2. The minimum atomic E-state index is -2.60. The summed E-state index contributed by atoms with van der Waals surface area (Å²) in [7, 11) is 1.45. The van der Waals surface area contributed by atoms with Gasteiger partial charge in [0.25, 0.3) is 0 Å². The minimum Gasteiger partial charge on any atom is -0.493 e. The molecular weight excluding hydrogens is 364 g/mol. The minimum absolute atomic E-state index is 0.211. The average Bonchev–Trinajstić information content (AvgIpc) is 2.60. The van der Waals surface area contributed by atoms with Gasteiger partial charge in [0, 0.05) is 5.57 Å². The monoisotopic (exact) mass is 374 g/mol. The molecule has 0 amide bonds. The summed E-state index contributed by atoms with van der Waals surface area (Å²) in [6.07, 6.45) is -0.211. The fourth-order valence-corrected chi connectivity index (χ4v) is 1.76. The lowest BCUT2D eigenvalue weighted by molar-refractivity contribution is 0.281. The molecule has 0 aliphatic heterocycles. The van der Waals surface area contributed by atoms with Crippen molar-refractivity contribution in [3.8, 4) is 5.75 Å². The Balaban J connectivity index is 3.77. The van der Waals surface area contributed by atoms with E-state index in [1.807, 2.05) is 0 Å². The van der Waals surface area contributed by atoms with Crippen LogP contribution in [-0.2, 0) is 4.74 Å². The maximum Gasteiger partial charge on any atom is 0.204 e. The summed E-state index contributed by atoms with van der Waals surface area (Å²) in [5.74, 6) is -19.0. The number of benzene rings is 1. The first-order valence-electron chi connectivity index (χ1n) is 6.30. The lowest BCUT2D eigenvalue weighted by Crippen LogP contribution is -2.06. The van der Waals surface area contributed by atoms with Crippen molar-refractivity contribution in [2.75, 3.05) is 14.2 Å². The van der Waals surface area contributed by atoms with E-state index < -0.39 is 63.4 Å². The summed E-state index contributed by atoms with van der Waals surface area (Å²) in [5, 5.41) is 0. The van der Waals surface area contributed by atoms with E-state index in [2.05, 4.69) is 9.47 Å². The van der Waals surface area contributed by atoms with Crippen molar-refractivity contribution in [1.29, 1.82) is 0 Å². The van der Waals surface area contributed by atoms with Crippen LogP contribution < -0.4 is 4.74 Å². The molecule has 0 fully saturated rings. The largest absolute Gasteiger partial charge is 0.493 e. The number of halogens is 8. The third kappa shape index (κ3) is 3.62. The second-order valence-corrected chi connectivity index (χ2v) is 4.43. The van der Waals surface area contributed by atoms with Crippen molar-refractivity contribution in [1.82, 2.24) is 0 Å². The summed E-state index contributed by atoms with van der Waals surface area (Å²) in [6, 6.07) is 0. The Bertz CT molecular complexity index is 751. The van der Waals surface area contributed by atoms with Gasteiger partial charge in [-0.25, -0.2) is 22.0 Å². The predicted octanol–water partition coefficient (Wildman–Crippen LogP) is 5.56. The Kier molecular flexibility index (Phi) is 6.60. The molecule has 25 heavy (non-hydrogen) atoms. The number of hydrogen-bond donors (Lipinski definition) is 0. The van der Waals surface area contributed by atoms with Gasteiger partial charge in [-0.1, -0.05) is 0 Å². The highest BCUT2D eigenvalue weighted by molar-refractivity contribution is 5.67. The lowest BCUT2D eigenvalue weighted by Gasteiger charge is -2.11. The zero-order chi connectivity index (χ0) is 19.5. The molecule has 0 aliphatic carbocycles. The van der Waals surface area contributed by atoms with Crippen LogP contribution in [0.1, 0.15) is 12.5 Å². The van der Waals surface area contributed by atoms with Crippen molar-refractivity contribution in [3.05, 3.63) is 58.1 Å². The summed E-state index contributed by atoms with van der Waals surface area (Å²) in [4.78, 5) is 0. The van der Waals surface area contributed by atoms with Crippen LogP contribution in [0, 0.1) is 23.3 Å². The third-order valence-electron chi connectivity index (χ3n) is 2.96. The van der Waals surface area contributed by atoms with E-state index in [0.717, 1.165) is 14.0 Å². The number of rotatable bonds is 5. The Morgan fingerprint density at radius 3 is 1.68 bits per heavy atom. The van der Waals surface area contributed by atoms with Gasteiger partial charge >= 0.3 is 0 Å². The molecule has 0 bridgehead atoms. The molecule has 0 unspecified atom stereocenters. The zero-order valence-corrected chi connectivity index (χ0v) is 12.9. The molecule has 138 valence electrons. The molecule has 0 saturated heterocycles. The smallest absolute Gasteiger partial charge is 0.204 e. The van der Waals surface area contributed by atoms with Crippen molar-refractivity contribution in [2.24, 2.45) is 0 Å². The molecule has 1 aromatic rings. The Morgan fingerprint density at radius 2 is 1.32 bits per heavy atom. The second-order valence-electron chi connectivity index (χ2n) is 4.43. The maximum atomic E-state index is 14.0. The van der Waals surface area contributed by atoms with Gasteiger partial charge in [0.1, 0.15) is 0 Å². The lowest BCUT2D eigenvalue weighted by atomic mass is 10.1. The van der Waals surface area contributed by atoms with Gasteiger partial charge in [-0.15, -0.1) is 0 Å². The van der Waals surface area contributed by atoms with Crippen LogP contribution >= 0.6 is 0 Å². The summed E-state index contributed by atoms with van der Waals surface area (Å²) >= 11 is 0. The summed E-state index contributed by atoms with van der Waals surface area (Å²) in [5.41, 5.74) is -2.77. The van der Waals surface area contributed by atoms with E-state index >= 15 is 0 Å². The van der Waals surface area contributed by atoms with E-state index in [0.29, 0.717) is 7.11 Å². The van der Waals surface area contributed by atoms with Crippen molar-refractivity contribution in [2.45, 2.75) is 6.92 Å². The van der Waals surface area contributed by atoms with E-state index in [-0.39, 0.29) is 6.33 Å². The first-order chi connectivity index (χ1) is 11.6. The Morgan fingerprint density at radius 1 is 0.840 bits per heavy atom. The average molecular weight is 374 g/mol. The van der Waals surface area contributed by atoms with Gasteiger partial charge in [0.2, 0.25) is 17.5 Å². The highest BCUT2D eigenvalue weighted by atomic mass is 19.2. The molecule has 0 radical (unpaired) electrons. The van der Waals surface area contributed by atoms with E-state index in [1.54, 1.807) is 0 Å². The third-order valence-corrected chi connectivity index (χ3v) is 2.96. The van der Waals surface area contributed by atoms with Crippen molar-refractivity contribution in [3.63, 3.8) is 0 Å². The summed E-state index contributed by atoms with van der Waals surface area (Å²) in [6.45, 7) is 0.914. The first kappa shape index (κ1) is 20.5. The Hall–Kier alpha value is -2.52. The highest BCUT2D eigenvalue weighted by Gasteiger charge is 2.31. The predicted molar refractivity (Wildman–Crippen MR) is 72.0 cm³/mol. The standard InChI is InChI=1S/C15H10F8O2/c1-5(4-16)14(24-2)13(23)10(20)7(17)6-8(18)11(21)15(25-3)12(22)9(6)19/h4H,1-3H3/b5-4+,10-7+,14-13-. The molecule has 0 heterocycles. The van der Waals surface area contributed by atoms with Gasteiger partial charge in [-0.2, -0.15) is 13.2 Å². The van der Waals surface area contributed by atoms with Crippen molar-refractivity contribution < 1.29 is 44.6 Å². The van der Waals surface area contributed by atoms with Crippen LogP contribution in [0.15, 0.2) is 29.3 Å². The molecule has 0 saturated carbocycles. The van der Waals surface area contributed by atoms with Crippen LogP contribution in [0.25, 0.3) is 5.83 Å². The first-order valence-corrected chi connectivity index (χ1v) is 6.30. The molecule has 0 aliphatic rings. The maximum absolute atomic E-state index is 14.0. The van der Waals surface area contributed by atoms with E-state index in [9.17, 15) is 35.1 Å². The molecule has 0 atom stereocenters. The van der Waals surface area contributed by atoms with Gasteiger partial charge in [-0.3, -0.25) is 0 Å². The van der Waals surface area contributed by atoms with E-state index in [1.165, 1.54) is 0 Å². The molecule has 0 spiro atoms. The van der Waals surface area contributed by atoms with Gasteiger partial charge < -0.3 is 9.47 Å². The zero-order valence-electron chi connectivity index (χ0n) is 12.9. The highest BCUT2D eigenvalue weighted by Crippen LogP contribution is 2.37. The topological polar surface area (TPSA) is 18.5 Å². The van der Waals surface area contributed by atoms with Crippen LogP contribution in [0.2, 0.25) is 0 Å². The SMILES string of the molecule is COC(=C(F)/C(F)=C(\F)c1c(F)c(F)c(OC)c(F)c1F)/C(C)=C/F. The number of ether oxygens (including phenoxy) is 2. The fourth-order valence-electron chi connectivity index (χ4n) is 1.76. The van der Waals surface area contributed by atoms with Gasteiger partial charge in [0.15, 0.2) is 34.8 Å². The molecule has 2 nitrogen and oxygen atoms in total. The Labute approximate surface area is 136 Å². The molecule has 0 N–H and O–H groups in total. The summed E-state index contributed by atoms with van der Waals surface area (Å²) < 4.78 is 117. The van der Waals surface area contributed by atoms with Crippen LogP contribution in [-0.4, -0.2) is 14.2 Å². The van der Waals surface area contributed by atoms with Crippen LogP contribution in [0.3, 0.4) is 0 Å². The van der Waals surface area contributed by atoms with Crippen LogP contribution in [0.5, 0.6) is 5.75 Å².